The number of ether oxygens (including phenoxy) is 1. The van der Waals surface area contributed by atoms with Crippen LogP contribution in [0.3, 0.4) is 0 Å². The van der Waals surface area contributed by atoms with Gasteiger partial charge in [0.25, 0.3) is 0 Å². The Morgan fingerprint density at radius 2 is 2.36 bits per heavy atom. The number of methoxy groups -OCH3 is 1. The molecule has 3 heteroatoms. The molecule has 0 aliphatic heterocycles. The van der Waals surface area contributed by atoms with Crippen LogP contribution in [0.1, 0.15) is 12.5 Å². The van der Waals surface area contributed by atoms with Crippen molar-refractivity contribution in [2.24, 2.45) is 0 Å². The lowest BCUT2D eigenvalue weighted by molar-refractivity contribution is 0.190. The minimum absolute atomic E-state index is 0.244. The van der Waals surface area contributed by atoms with E-state index in [2.05, 4.69) is 11.4 Å². The lowest BCUT2D eigenvalue weighted by atomic mass is 10.2. The van der Waals surface area contributed by atoms with Crippen molar-refractivity contribution in [2.45, 2.75) is 13.0 Å². The normalized spacial score (nSPS) is 11.8. The summed E-state index contributed by atoms with van der Waals surface area (Å²) < 4.78 is 5.00. The van der Waals surface area contributed by atoms with Gasteiger partial charge in [-0.25, -0.2) is 0 Å². The lowest BCUT2D eigenvalue weighted by Crippen LogP contribution is -2.20. The van der Waals surface area contributed by atoms with Crippen molar-refractivity contribution in [3.05, 3.63) is 29.8 Å². The Kier molecular flexibility index (Phi) is 3.96. The average molecular weight is 190 g/mol. The zero-order chi connectivity index (χ0) is 10.4. The summed E-state index contributed by atoms with van der Waals surface area (Å²) in [7, 11) is 1.67. The predicted octanol–water partition coefficient (Wildman–Crippen LogP) is 2.01. The molecule has 1 rings (SSSR count). The molecule has 0 saturated heterocycles. The highest BCUT2D eigenvalue weighted by molar-refractivity contribution is 5.49. The second kappa shape index (κ2) is 5.25. The van der Waals surface area contributed by atoms with Crippen molar-refractivity contribution >= 4 is 5.69 Å². The molecule has 3 nitrogen and oxygen atoms in total. The van der Waals surface area contributed by atoms with Crippen molar-refractivity contribution in [3.8, 4) is 6.07 Å². The van der Waals surface area contributed by atoms with Gasteiger partial charge >= 0.3 is 0 Å². The number of nitrogens with zero attached hydrogens (tertiary/aromatic N) is 1. The summed E-state index contributed by atoms with van der Waals surface area (Å²) in [6.07, 6.45) is 0. The van der Waals surface area contributed by atoms with E-state index in [-0.39, 0.29) is 6.04 Å². The molecule has 14 heavy (non-hydrogen) atoms. The molecule has 0 heterocycles. The first kappa shape index (κ1) is 10.6. The SMILES string of the molecule is COC[C@H](C)Nc1cccc(C#N)c1. The van der Waals surface area contributed by atoms with E-state index in [1.807, 2.05) is 25.1 Å². The maximum absolute atomic E-state index is 8.70. The Labute approximate surface area is 84.3 Å². The van der Waals surface area contributed by atoms with Gasteiger partial charge in [-0.1, -0.05) is 6.07 Å². The maximum Gasteiger partial charge on any atom is 0.0992 e. The molecular weight excluding hydrogens is 176 g/mol. The fourth-order valence-electron chi connectivity index (χ4n) is 1.25. The van der Waals surface area contributed by atoms with Gasteiger partial charge in [-0.05, 0) is 25.1 Å². The third-order valence-corrected chi connectivity index (χ3v) is 1.82. The van der Waals surface area contributed by atoms with Gasteiger partial charge in [0.2, 0.25) is 0 Å². The summed E-state index contributed by atoms with van der Waals surface area (Å²) in [4.78, 5) is 0. The van der Waals surface area contributed by atoms with E-state index >= 15 is 0 Å². The van der Waals surface area contributed by atoms with Crippen LogP contribution in [-0.2, 0) is 4.74 Å². The number of nitriles is 1. The predicted molar refractivity (Wildman–Crippen MR) is 56.1 cm³/mol. The van der Waals surface area contributed by atoms with Gasteiger partial charge in [0.15, 0.2) is 0 Å². The van der Waals surface area contributed by atoms with Crippen LogP contribution in [-0.4, -0.2) is 19.8 Å². The number of anilines is 1. The Hall–Kier alpha value is -1.53. The number of hydrogen-bond donors (Lipinski definition) is 1. The lowest BCUT2D eigenvalue weighted by Gasteiger charge is -2.13. The first-order valence-corrected chi connectivity index (χ1v) is 4.52. The van der Waals surface area contributed by atoms with Gasteiger partial charge in [0.1, 0.15) is 0 Å². The molecule has 1 aromatic carbocycles. The van der Waals surface area contributed by atoms with Crippen LogP contribution < -0.4 is 5.32 Å². The highest BCUT2D eigenvalue weighted by Crippen LogP contribution is 2.10. The van der Waals surface area contributed by atoms with Crippen LogP contribution in [0.2, 0.25) is 0 Å². The highest BCUT2D eigenvalue weighted by atomic mass is 16.5. The van der Waals surface area contributed by atoms with Crippen LogP contribution in [0.4, 0.5) is 5.69 Å². The first-order valence-electron chi connectivity index (χ1n) is 4.52. The molecular formula is C11H14N2O. The fourth-order valence-corrected chi connectivity index (χ4v) is 1.25. The number of benzene rings is 1. The second-order valence-corrected chi connectivity index (χ2v) is 3.19. The monoisotopic (exact) mass is 190 g/mol. The van der Waals surface area contributed by atoms with E-state index in [0.717, 1.165) is 5.69 Å². The molecule has 0 fully saturated rings. The molecule has 0 aromatic heterocycles. The molecule has 1 N–H and O–H groups in total. The van der Waals surface area contributed by atoms with E-state index in [4.69, 9.17) is 10.00 Å². The van der Waals surface area contributed by atoms with Gasteiger partial charge in [0, 0.05) is 18.8 Å². The maximum atomic E-state index is 8.70. The molecule has 0 aliphatic carbocycles. The largest absolute Gasteiger partial charge is 0.383 e. The molecule has 0 spiro atoms. The minimum Gasteiger partial charge on any atom is -0.383 e. The van der Waals surface area contributed by atoms with E-state index in [1.54, 1.807) is 13.2 Å². The van der Waals surface area contributed by atoms with E-state index in [0.29, 0.717) is 12.2 Å². The molecule has 1 aromatic rings. The van der Waals surface area contributed by atoms with Crippen LogP contribution in [0.5, 0.6) is 0 Å². The molecule has 74 valence electrons. The Bertz CT molecular complexity index is 330. The Morgan fingerprint density at radius 1 is 1.57 bits per heavy atom. The average Bonchev–Trinajstić information content (AvgIpc) is 2.18. The fraction of sp³-hybridized carbons (Fsp3) is 0.364. The molecule has 1 atom stereocenters. The van der Waals surface area contributed by atoms with E-state index < -0.39 is 0 Å². The molecule has 0 radical (unpaired) electrons. The Balaban J connectivity index is 2.63. The van der Waals surface area contributed by atoms with Crippen molar-refractivity contribution in [2.75, 3.05) is 19.0 Å². The van der Waals surface area contributed by atoms with Gasteiger partial charge in [-0.2, -0.15) is 5.26 Å². The third-order valence-electron chi connectivity index (χ3n) is 1.82. The summed E-state index contributed by atoms with van der Waals surface area (Å²) in [6, 6.07) is 9.75. The molecule has 0 bridgehead atoms. The van der Waals surface area contributed by atoms with E-state index in [9.17, 15) is 0 Å². The van der Waals surface area contributed by atoms with Gasteiger partial charge in [0.05, 0.1) is 18.2 Å². The van der Waals surface area contributed by atoms with Crippen LogP contribution in [0.15, 0.2) is 24.3 Å². The quantitative estimate of drug-likeness (QED) is 0.789. The van der Waals surface area contributed by atoms with Crippen molar-refractivity contribution in [1.82, 2.24) is 0 Å². The molecule has 0 unspecified atom stereocenters. The molecule has 0 saturated carbocycles. The van der Waals surface area contributed by atoms with Gasteiger partial charge < -0.3 is 10.1 Å². The topological polar surface area (TPSA) is 45.0 Å². The third kappa shape index (κ3) is 3.08. The summed E-state index contributed by atoms with van der Waals surface area (Å²) in [6.45, 7) is 2.68. The number of rotatable bonds is 4. The van der Waals surface area contributed by atoms with Crippen molar-refractivity contribution < 1.29 is 4.74 Å². The van der Waals surface area contributed by atoms with Crippen LogP contribution >= 0.6 is 0 Å². The van der Waals surface area contributed by atoms with E-state index in [1.165, 1.54) is 0 Å². The summed E-state index contributed by atoms with van der Waals surface area (Å²) >= 11 is 0. The summed E-state index contributed by atoms with van der Waals surface area (Å²) in [5.74, 6) is 0. The summed E-state index contributed by atoms with van der Waals surface area (Å²) in [5.41, 5.74) is 1.62. The van der Waals surface area contributed by atoms with Crippen molar-refractivity contribution in [3.63, 3.8) is 0 Å². The Morgan fingerprint density at radius 3 is 3.00 bits per heavy atom. The summed E-state index contributed by atoms with van der Waals surface area (Å²) in [5, 5.41) is 11.9. The smallest absolute Gasteiger partial charge is 0.0992 e. The van der Waals surface area contributed by atoms with Gasteiger partial charge in [-0.15, -0.1) is 0 Å². The zero-order valence-corrected chi connectivity index (χ0v) is 8.45. The van der Waals surface area contributed by atoms with Gasteiger partial charge in [-0.3, -0.25) is 0 Å². The number of hydrogen-bond acceptors (Lipinski definition) is 3. The second-order valence-electron chi connectivity index (χ2n) is 3.19. The number of nitrogens with one attached hydrogen (secondary N) is 1. The molecule has 0 aliphatic rings. The van der Waals surface area contributed by atoms with Crippen LogP contribution in [0, 0.1) is 11.3 Å². The van der Waals surface area contributed by atoms with Crippen LogP contribution in [0.25, 0.3) is 0 Å². The first-order chi connectivity index (χ1) is 6.76. The standard InChI is InChI=1S/C11H14N2O/c1-9(8-14-2)13-11-5-3-4-10(6-11)7-12/h3-6,9,13H,8H2,1-2H3/t9-/m0/s1. The molecule has 0 amide bonds. The zero-order valence-electron chi connectivity index (χ0n) is 8.45. The highest BCUT2D eigenvalue weighted by Gasteiger charge is 2.01. The van der Waals surface area contributed by atoms with Crippen molar-refractivity contribution in [1.29, 1.82) is 5.26 Å². The minimum atomic E-state index is 0.244.